The van der Waals surface area contributed by atoms with E-state index in [0.29, 0.717) is 11.6 Å². The predicted octanol–water partition coefficient (Wildman–Crippen LogP) is 2.81. The molecule has 0 unspecified atom stereocenters. The van der Waals surface area contributed by atoms with Crippen LogP contribution in [0.4, 0.5) is 0 Å². The highest BCUT2D eigenvalue weighted by Crippen LogP contribution is 2.11. The molecular formula is C8H14ClNO. The molecule has 3 heteroatoms. The first-order valence-electron chi connectivity index (χ1n) is 3.67. The van der Waals surface area contributed by atoms with Crippen molar-refractivity contribution >= 4 is 11.6 Å². The van der Waals surface area contributed by atoms with Gasteiger partial charge in [-0.05, 0) is 6.07 Å². The van der Waals surface area contributed by atoms with Gasteiger partial charge in [-0.25, -0.2) is 0 Å². The second-order valence-corrected chi connectivity index (χ2v) is 2.58. The van der Waals surface area contributed by atoms with E-state index in [9.17, 15) is 0 Å². The molecule has 0 saturated carbocycles. The molecule has 0 atom stereocenters. The fraction of sp³-hybridized carbons (Fsp3) is 0.500. The molecule has 1 aromatic rings. The second-order valence-electron chi connectivity index (χ2n) is 2.14. The van der Waals surface area contributed by atoms with Gasteiger partial charge < -0.3 is 10.2 Å². The van der Waals surface area contributed by atoms with Gasteiger partial charge in [-0.2, -0.15) is 0 Å². The lowest BCUT2D eigenvalue weighted by Gasteiger charge is -1.80. The molecule has 2 nitrogen and oxygen atoms in total. The van der Waals surface area contributed by atoms with Gasteiger partial charge in [0.15, 0.2) is 0 Å². The highest BCUT2D eigenvalue weighted by Gasteiger charge is 1.93. The summed E-state index contributed by atoms with van der Waals surface area (Å²) in [5.41, 5.74) is 5.21. The lowest BCUT2D eigenvalue weighted by molar-refractivity contribution is 0.512. The van der Waals surface area contributed by atoms with Crippen LogP contribution in [0.25, 0.3) is 0 Å². The van der Waals surface area contributed by atoms with Crippen molar-refractivity contribution in [1.82, 2.24) is 0 Å². The first kappa shape index (κ1) is 10.5. The summed E-state index contributed by atoms with van der Waals surface area (Å²) < 4.78 is 4.86. The van der Waals surface area contributed by atoms with Crippen molar-refractivity contribution in [3.8, 4) is 0 Å². The van der Waals surface area contributed by atoms with Crippen LogP contribution in [0.2, 0.25) is 5.02 Å². The lowest BCUT2D eigenvalue weighted by Crippen LogP contribution is -1.92. The topological polar surface area (TPSA) is 39.2 Å². The third-order valence-electron chi connectivity index (χ3n) is 0.823. The van der Waals surface area contributed by atoms with Crippen LogP contribution in [-0.2, 0) is 6.54 Å². The van der Waals surface area contributed by atoms with Crippen LogP contribution in [0.3, 0.4) is 0 Å². The molecule has 0 fully saturated rings. The zero-order chi connectivity index (χ0) is 8.69. The smallest absolute Gasteiger partial charge is 0.118 e. The maximum absolute atomic E-state index is 5.49. The van der Waals surface area contributed by atoms with Crippen LogP contribution < -0.4 is 5.73 Å². The quantitative estimate of drug-likeness (QED) is 0.713. The fourth-order valence-corrected chi connectivity index (χ4v) is 0.627. The average molecular weight is 176 g/mol. The van der Waals surface area contributed by atoms with Crippen LogP contribution >= 0.6 is 11.6 Å². The summed E-state index contributed by atoms with van der Waals surface area (Å²) in [6.07, 6.45) is 2.71. The minimum Gasteiger partial charge on any atom is -0.466 e. The minimum absolute atomic E-state index is 0.409. The van der Waals surface area contributed by atoms with Gasteiger partial charge in [-0.3, -0.25) is 0 Å². The third-order valence-corrected chi connectivity index (χ3v) is 1.02. The van der Waals surface area contributed by atoms with Gasteiger partial charge in [0.2, 0.25) is 0 Å². The standard InChI is InChI=1S/C5H6ClNO.C3H8/c6-4-1-5(2-7)8-3-4;1-3-2/h1,3H,2,7H2;3H2,1-2H3. The molecule has 0 aromatic carbocycles. The predicted molar refractivity (Wildman–Crippen MR) is 47.6 cm³/mol. The highest BCUT2D eigenvalue weighted by molar-refractivity contribution is 6.30. The SMILES string of the molecule is CCC.NCc1cc(Cl)co1. The van der Waals surface area contributed by atoms with Gasteiger partial charge in [0.05, 0.1) is 11.6 Å². The molecule has 0 radical (unpaired) electrons. The molecule has 0 amide bonds. The van der Waals surface area contributed by atoms with Gasteiger partial charge in [-0.15, -0.1) is 0 Å². The molecule has 11 heavy (non-hydrogen) atoms. The van der Waals surface area contributed by atoms with Crippen LogP contribution in [0.15, 0.2) is 16.7 Å². The first-order valence-corrected chi connectivity index (χ1v) is 4.05. The van der Waals surface area contributed by atoms with Gasteiger partial charge in [0.1, 0.15) is 12.0 Å². The van der Waals surface area contributed by atoms with Crippen molar-refractivity contribution in [1.29, 1.82) is 0 Å². The van der Waals surface area contributed by atoms with Crippen LogP contribution in [0.5, 0.6) is 0 Å². The molecule has 0 saturated heterocycles. The zero-order valence-electron chi connectivity index (χ0n) is 6.93. The molecule has 0 bridgehead atoms. The Morgan fingerprint density at radius 3 is 2.27 bits per heavy atom. The average Bonchev–Trinajstić information content (AvgIpc) is 2.37. The van der Waals surface area contributed by atoms with E-state index in [1.165, 1.54) is 12.7 Å². The van der Waals surface area contributed by atoms with E-state index in [1.807, 2.05) is 0 Å². The largest absolute Gasteiger partial charge is 0.466 e. The maximum Gasteiger partial charge on any atom is 0.118 e. The lowest BCUT2D eigenvalue weighted by atomic mass is 10.5. The monoisotopic (exact) mass is 175 g/mol. The normalized spacial score (nSPS) is 8.73. The Hall–Kier alpha value is -0.470. The molecular weight excluding hydrogens is 162 g/mol. The summed E-state index contributed by atoms with van der Waals surface area (Å²) >= 11 is 5.49. The minimum atomic E-state index is 0.409. The Morgan fingerprint density at radius 2 is 2.09 bits per heavy atom. The third kappa shape index (κ3) is 4.87. The van der Waals surface area contributed by atoms with E-state index < -0.39 is 0 Å². The Bertz CT molecular complexity index is 186. The second kappa shape index (κ2) is 6.25. The van der Waals surface area contributed by atoms with E-state index in [0.717, 1.165) is 5.76 Å². The highest BCUT2D eigenvalue weighted by atomic mass is 35.5. The van der Waals surface area contributed by atoms with E-state index in [2.05, 4.69) is 13.8 Å². The van der Waals surface area contributed by atoms with E-state index in [-0.39, 0.29) is 0 Å². The van der Waals surface area contributed by atoms with E-state index in [1.54, 1.807) is 6.07 Å². The van der Waals surface area contributed by atoms with E-state index in [4.69, 9.17) is 21.8 Å². The maximum atomic E-state index is 5.49. The molecule has 0 aliphatic heterocycles. The van der Waals surface area contributed by atoms with Crippen LogP contribution in [-0.4, -0.2) is 0 Å². The summed E-state index contributed by atoms with van der Waals surface area (Å²) in [4.78, 5) is 0. The van der Waals surface area contributed by atoms with Gasteiger partial charge in [0, 0.05) is 0 Å². The Morgan fingerprint density at radius 1 is 1.55 bits per heavy atom. The van der Waals surface area contributed by atoms with Crippen molar-refractivity contribution in [2.75, 3.05) is 0 Å². The molecule has 1 heterocycles. The summed E-state index contributed by atoms with van der Waals surface area (Å²) in [7, 11) is 0. The molecule has 2 N–H and O–H groups in total. The molecule has 0 spiro atoms. The first-order chi connectivity index (χ1) is 5.24. The number of nitrogens with two attached hydrogens (primary N) is 1. The molecule has 0 aliphatic rings. The number of hydrogen-bond donors (Lipinski definition) is 1. The van der Waals surface area contributed by atoms with Crippen molar-refractivity contribution < 1.29 is 4.42 Å². The number of furan rings is 1. The van der Waals surface area contributed by atoms with Crippen molar-refractivity contribution in [3.63, 3.8) is 0 Å². The summed E-state index contributed by atoms with van der Waals surface area (Å²) in [6.45, 7) is 4.66. The van der Waals surface area contributed by atoms with Gasteiger partial charge >= 0.3 is 0 Å². The van der Waals surface area contributed by atoms with Crippen LogP contribution in [0, 0.1) is 0 Å². The summed E-state index contributed by atoms with van der Waals surface area (Å²) in [5, 5.41) is 0.602. The molecule has 64 valence electrons. The molecule has 1 rings (SSSR count). The fourth-order valence-electron chi connectivity index (χ4n) is 0.461. The summed E-state index contributed by atoms with van der Waals surface area (Å²) in [6, 6.07) is 1.70. The number of rotatable bonds is 1. The Labute approximate surface area is 72.3 Å². The molecule has 1 aromatic heterocycles. The Balaban J connectivity index is 0.000000292. The molecule has 0 aliphatic carbocycles. The van der Waals surface area contributed by atoms with E-state index >= 15 is 0 Å². The zero-order valence-corrected chi connectivity index (χ0v) is 7.69. The van der Waals surface area contributed by atoms with Crippen molar-refractivity contribution in [2.45, 2.75) is 26.8 Å². The van der Waals surface area contributed by atoms with Crippen LogP contribution in [0.1, 0.15) is 26.0 Å². The number of hydrogen-bond acceptors (Lipinski definition) is 2. The van der Waals surface area contributed by atoms with Crippen molar-refractivity contribution in [3.05, 3.63) is 23.1 Å². The Kier molecular flexibility index (Phi) is 5.99. The van der Waals surface area contributed by atoms with Gasteiger partial charge in [-0.1, -0.05) is 31.9 Å². The summed E-state index contributed by atoms with van der Waals surface area (Å²) in [5.74, 6) is 0.718. The van der Waals surface area contributed by atoms with Gasteiger partial charge in [0.25, 0.3) is 0 Å². The number of halogens is 1. The van der Waals surface area contributed by atoms with Crippen molar-refractivity contribution in [2.24, 2.45) is 5.73 Å².